The zero-order chi connectivity index (χ0) is 12.7. The fourth-order valence-electron chi connectivity index (χ4n) is 1.85. The number of H-pyrrole nitrogens is 1. The van der Waals surface area contributed by atoms with Gasteiger partial charge in [0, 0.05) is 12.1 Å². The third-order valence-electron chi connectivity index (χ3n) is 3.12. The van der Waals surface area contributed by atoms with Crippen molar-refractivity contribution in [3.05, 3.63) is 28.5 Å². The van der Waals surface area contributed by atoms with Gasteiger partial charge in [-0.15, -0.1) is 0 Å². The Morgan fingerprint density at radius 2 is 1.88 bits per heavy atom. The highest BCUT2D eigenvalue weighted by molar-refractivity contribution is 7.71. The number of hydrogen-bond donors (Lipinski definition) is 1. The molecule has 1 unspecified atom stereocenters. The molecule has 0 amide bonds. The lowest BCUT2D eigenvalue weighted by Crippen LogP contribution is -2.11. The van der Waals surface area contributed by atoms with Gasteiger partial charge in [0.1, 0.15) is 11.3 Å². The van der Waals surface area contributed by atoms with E-state index in [1.165, 1.54) is 6.07 Å². The smallest absolute Gasteiger partial charge is 0.178 e. The molecule has 1 N–H and O–H groups in total. The molecule has 0 saturated carbocycles. The number of benzene rings is 1. The Hall–Kier alpha value is -1.23. The Morgan fingerprint density at radius 3 is 2.47 bits per heavy atom. The molecule has 0 saturated heterocycles. The van der Waals surface area contributed by atoms with Gasteiger partial charge in [0.2, 0.25) is 0 Å². The van der Waals surface area contributed by atoms with Crippen molar-refractivity contribution in [2.45, 2.75) is 26.8 Å². The first-order chi connectivity index (χ1) is 7.91. The van der Waals surface area contributed by atoms with Gasteiger partial charge >= 0.3 is 0 Å². The van der Waals surface area contributed by atoms with Crippen molar-refractivity contribution in [1.82, 2.24) is 9.55 Å². The van der Waals surface area contributed by atoms with Gasteiger partial charge < -0.3 is 9.55 Å². The molecule has 2 rings (SSSR count). The molecule has 1 aromatic heterocycles. The minimum Gasteiger partial charge on any atom is -0.328 e. The second-order valence-corrected chi connectivity index (χ2v) is 4.95. The molecule has 0 bridgehead atoms. The standard InChI is InChI=1S/C12H14F2N2S/c1-6(2)7(3)16-10-5-8(13)4-9(14)11(10)15-12(16)17/h4-7H,1-3H3,(H,15,17). The molecule has 0 spiro atoms. The summed E-state index contributed by atoms with van der Waals surface area (Å²) >= 11 is 5.17. The maximum Gasteiger partial charge on any atom is 0.178 e. The van der Waals surface area contributed by atoms with Crippen LogP contribution in [-0.4, -0.2) is 9.55 Å². The Labute approximate surface area is 103 Å². The van der Waals surface area contributed by atoms with E-state index in [2.05, 4.69) is 4.98 Å². The predicted molar refractivity (Wildman–Crippen MR) is 66.6 cm³/mol. The van der Waals surface area contributed by atoms with Gasteiger partial charge in [0.25, 0.3) is 0 Å². The molecule has 1 heterocycles. The predicted octanol–water partition coefficient (Wildman–Crippen LogP) is 4.19. The van der Waals surface area contributed by atoms with Crippen LogP contribution >= 0.6 is 12.2 Å². The number of nitrogens with zero attached hydrogens (tertiary/aromatic N) is 1. The van der Waals surface area contributed by atoms with Crippen molar-refractivity contribution in [3.63, 3.8) is 0 Å². The highest BCUT2D eigenvalue weighted by Gasteiger charge is 2.17. The Bertz CT molecular complexity index is 613. The van der Waals surface area contributed by atoms with Crippen LogP contribution in [0.15, 0.2) is 12.1 Å². The highest BCUT2D eigenvalue weighted by Crippen LogP contribution is 2.26. The number of imidazole rings is 1. The molecule has 0 radical (unpaired) electrons. The lowest BCUT2D eigenvalue weighted by Gasteiger charge is -2.18. The van der Waals surface area contributed by atoms with E-state index < -0.39 is 11.6 Å². The van der Waals surface area contributed by atoms with Crippen LogP contribution in [0.25, 0.3) is 11.0 Å². The third kappa shape index (κ3) is 1.99. The summed E-state index contributed by atoms with van der Waals surface area (Å²) in [7, 11) is 0. The Morgan fingerprint density at radius 1 is 1.24 bits per heavy atom. The Kier molecular flexibility index (Phi) is 3.03. The van der Waals surface area contributed by atoms with E-state index in [0.717, 1.165) is 6.07 Å². The molecule has 2 nitrogen and oxygen atoms in total. The van der Waals surface area contributed by atoms with Gasteiger partial charge in [-0.25, -0.2) is 8.78 Å². The second-order valence-electron chi connectivity index (χ2n) is 4.57. The van der Waals surface area contributed by atoms with Gasteiger partial charge in [-0.1, -0.05) is 13.8 Å². The van der Waals surface area contributed by atoms with Gasteiger partial charge in [0.05, 0.1) is 5.52 Å². The molecule has 92 valence electrons. The molecule has 0 fully saturated rings. The monoisotopic (exact) mass is 256 g/mol. The molecule has 0 aliphatic carbocycles. The molecular weight excluding hydrogens is 242 g/mol. The summed E-state index contributed by atoms with van der Waals surface area (Å²) in [6.07, 6.45) is 0. The van der Waals surface area contributed by atoms with Crippen molar-refractivity contribution < 1.29 is 8.78 Å². The van der Waals surface area contributed by atoms with Crippen molar-refractivity contribution >= 4 is 23.3 Å². The van der Waals surface area contributed by atoms with Crippen molar-refractivity contribution in [2.24, 2.45) is 5.92 Å². The van der Waals surface area contributed by atoms with Crippen molar-refractivity contribution in [3.8, 4) is 0 Å². The summed E-state index contributed by atoms with van der Waals surface area (Å²) in [4.78, 5) is 2.79. The summed E-state index contributed by atoms with van der Waals surface area (Å²) in [5, 5.41) is 0. The van der Waals surface area contributed by atoms with Crippen molar-refractivity contribution in [1.29, 1.82) is 0 Å². The van der Waals surface area contributed by atoms with E-state index in [1.54, 1.807) is 4.57 Å². The normalized spacial score (nSPS) is 13.5. The maximum absolute atomic E-state index is 13.6. The van der Waals surface area contributed by atoms with E-state index in [-0.39, 0.29) is 11.6 Å². The number of aromatic amines is 1. The summed E-state index contributed by atoms with van der Waals surface area (Å²) in [6, 6.07) is 2.25. The number of fused-ring (bicyclic) bond motifs is 1. The van der Waals surface area contributed by atoms with E-state index in [1.807, 2.05) is 20.8 Å². The van der Waals surface area contributed by atoms with Crippen LogP contribution in [-0.2, 0) is 0 Å². The van der Waals surface area contributed by atoms with Gasteiger partial charge in [-0.3, -0.25) is 0 Å². The van der Waals surface area contributed by atoms with Crippen LogP contribution in [0.1, 0.15) is 26.8 Å². The van der Waals surface area contributed by atoms with Crippen LogP contribution in [0.2, 0.25) is 0 Å². The molecular formula is C12H14F2N2S. The largest absolute Gasteiger partial charge is 0.328 e. The van der Waals surface area contributed by atoms with Crippen LogP contribution in [0.4, 0.5) is 8.78 Å². The number of aromatic nitrogens is 2. The summed E-state index contributed by atoms with van der Waals surface area (Å²) in [5.74, 6) is -0.874. The maximum atomic E-state index is 13.6. The van der Waals surface area contributed by atoms with Crippen LogP contribution in [0.5, 0.6) is 0 Å². The molecule has 0 aliphatic heterocycles. The zero-order valence-corrected chi connectivity index (χ0v) is 10.7. The molecule has 17 heavy (non-hydrogen) atoms. The molecule has 0 aliphatic rings. The molecule has 1 atom stereocenters. The summed E-state index contributed by atoms with van der Waals surface area (Å²) < 4.78 is 29.0. The van der Waals surface area contributed by atoms with E-state index in [0.29, 0.717) is 16.2 Å². The van der Waals surface area contributed by atoms with E-state index >= 15 is 0 Å². The zero-order valence-electron chi connectivity index (χ0n) is 9.92. The third-order valence-corrected chi connectivity index (χ3v) is 3.42. The van der Waals surface area contributed by atoms with Crippen LogP contribution in [0, 0.1) is 22.3 Å². The molecule has 1 aromatic carbocycles. The number of halogens is 2. The van der Waals surface area contributed by atoms with Crippen LogP contribution in [0.3, 0.4) is 0 Å². The first-order valence-electron chi connectivity index (χ1n) is 5.51. The average molecular weight is 256 g/mol. The topological polar surface area (TPSA) is 20.7 Å². The fourth-order valence-corrected chi connectivity index (χ4v) is 2.22. The van der Waals surface area contributed by atoms with Gasteiger partial charge in [-0.2, -0.15) is 0 Å². The lowest BCUT2D eigenvalue weighted by molar-refractivity contribution is 0.413. The first kappa shape index (κ1) is 12.2. The molecule has 5 heteroatoms. The first-order valence-corrected chi connectivity index (χ1v) is 5.92. The highest BCUT2D eigenvalue weighted by atomic mass is 32.1. The fraction of sp³-hybridized carbons (Fsp3) is 0.417. The second kappa shape index (κ2) is 4.22. The van der Waals surface area contributed by atoms with E-state index in [4.69, 9.17) is 12.2 Å². The van der Waals surface area contributed by atoms with Crippen molar-refractivity contribution in [2.75, 3.05) is 0 Å². The van der Waals surface area contributed by atoms with Gasteiger partial charge in [-0.05, 0) is 31.1 Å². The number of rotatable bonds is 2. The molecule has 2 aromatic rings. The quantitative estimate of drug-likeness (QED) is 0.799. The Balaban J connectivity index is 2.79. The lowest BCUT2D eigenvalue weighted by atomic mass is 10.1. The van der Waals surface area contributed by atoms with Gasteiger partial charge in [0.15, 0.2) is 10.6 Å². The summed E-state index contributed by atoms with van der Waals surface area (Å²) in [6.45, 7) is 6.07. The minimum atomic E-state index is -0.610. The average Bonchev–Trinajstić information content (AvgIpc) is 2.54. The SMILES string of the molecule is CC(C)C(C)n1c(=S)[nH]c2c(F)cc(F)cc21. The van der Waals surface area contributed by atoms with Crippen LogP contribution < -0.4 is 0 Å². The minimum absolute atomic E-state index is 0.0810. The van der Waals surface area contributed by atoms with E-state index in [9.17, 15) is 8.78 Å². The number of hydrogen-bond acceptors (Lipinski definition) is 1. The summed E-state index contributed by atoms with van der Waals surface area (Å²) in [5.41, 5.74) is 0.748. The number of nitrogens with one attached hydrogen (secondary N) is 1.